The summed E-state index contributed by atoms with van der Waals surface area (Å²) < 4.78 is 27.8. The second-order valence-electron chi connectivity index (χ2n) is 6.63. The molecule has 6 nitrogen and oxygen atoms in total. The van der Waals surface area contributed by atoms with E-state index in [0.717, 1.165) is 18.4 Å². The summed E-state index contributed by atoms with van der Waals surface area (Å²) in [6.45, 7) is -0.703. The maximum atomic E-state index is 14.0. The van der Waals surface area contributed by atoms with E-state index in [1.54, 1.807) is 24.5 Å². The zero-order valence-electron chi connectivity index (χ0n) is 14.7. The van der Waals surface area contributed by atoms with Crippen LogP contribution in [0.2, 0.25) is 0 Å². The number of alkyl halides is 2. The van der Waals surface area contributed by atoms with Crippen molar-refractivity contribution in [1.82, 2.24) is 20.0 Å². The van der Waals surface area contributed by atoms with Crippen LogP contribution in [0.5, 0.6) is 5.75 Å². The SMILES string of the molecule is CN(c1nnc(-c2ccc(-c3cnn(CF)c3)cc2O)s1)[C@H]1CCC[C@H]1F. The molecule has 2 heterocycles. The summed E-state index contributed by atoms with van der Waals surface area (Å²) in [4.78, 5) is 1.84. The first-order valence-corrected chi connectivity index (χ1v) is 9.51. The van der Waals surface area contributed by atoms with E-state index in [1.807, 2.05) is 18.0 Å². The largest absolute Gasteiger partial charge is 0.507 e. The van der Waals surface area contributed by atoms with E-state index in [2.05, 4.69) is 15.3 Å². The Kier molecular flexibility index (Phi) is 4.77. The summed E-state index contributed by atoms with van der Waals surface area (Å²) in [6.07, 6.45) is 4.53. The molecular weight excluding hydrogens is 372 g/mol. The average Bonchev–Trinajstić information content (AvgIpc) is 3.41. The molecule has 142 valence electrons. The number of hydrogen-bond donors (Lipinski definition) is 1. The van der Waals surface area contributed by atoms with Crippen molar-refractivity contribution in [2.24, 2.45) is 0 Å². The molecule has 0 spiro atoms. The van der Waals surface area contributed by atoms with Crippen LogP contribution < -0.4 is 4.90 Å². The van der Waals surface area contributed by atoms with E-state index in [-0.39, 0.29) is 11.8 Å². The zero-order chi connectivity index (χ0) is 19.0. The van der Waals surface area contributed by atoms with Crippen LogP contribution in [0.25, 0.3) is 21.7 Å². The third-order valence-electron chi connectivity index (χ3n) is 4.93. The van der Waals surface area contributed by atoms with Gasteiger partial charge in [-0.3, -0.25) is 0 Å². The second-order valence-corrected chi connectivity index (χ2v) is 7.59. The van der Waals surface area contributed by atoms with E-state index in [1.165, 1.54) is 16.0 Å². The Labute approximate surface area is 159 Å². The monoisotopic (exact) mass is 391 g/mol. The van der Waals surface area contributed by atoms with E-state index < -0.39 is 13.0 Å². The van der Waals surface area contributed by atoms with Gasteiger partial charge in [0.15, 0.2) is 11.8 Å². The van der Waals surface area contributed by atoms with Gasteiger partial charge in [0.1, 0.15) is 11.9 Å². The molecule has 4 rings (SSSR count). The number of halogens is 2. The Morgan fingerprint density at radius 3 is 2.81 bits per heavy atom. The van der Waals surface area contributed by atoms with Crippen molar-refractivity contribution >= 4 is 16.5 Å². The molecule has 27 heavy (non-hydrogen) atoms. The highest BCUT2D eigenvalue weighted by atomic mass is 32.1. The highest BCUT2D eigenvalue weighted by Crippen LogP contribution is 2.38. The molecule has 1 fully saturated rings. The van der Waals surface area contributed by atoms with Gasteiger partial charge in [-0.25, -0.2) is 13.5 Å². The van der Waals surface area contributed by atoms with Crippen LogP contribution >= 0.6 is 11.3 Å². The van der Waals surface area contributed by atoms with Gasteiger partial charge in [0.05, 0.1) is 17.8 Å². The molecule has 1 aromatic carbocycles. The van der Waals surface area contributed by atoms with E-state index >= 15 is 0 Å². The van der Waals surface area contributed by atoms with Crippen molar-refractivity contribution in [3.63, 3.8) is 0 Å². The van der Waals surface area contributed by atoms with Crippen molar-refractivity contribution in [2.45, 2.75) is 38.3 Å². The third kappa shape index (κ3) is 3.39. The summed E-state index contributed by atoms with van der Waals surface area (Å²) in [6, 6.07) is 4.98. The standard InChI is InChI=1S/C18H19F2N5OS/c1-24(15-4-2-3-14(15)20)18-23-22-17(27-18)13-6-5-11(7-16(13)26)12-8-21-25(9-12)10-19/h5-9,14-15,26H,2-4,10H2,1H3/t14-,15+/m1/s1. The molecule has 0 unspecified atom stereocenters. The van der Waals surface area contributed by atoms with Crippen LogP contribution in [0.1, 0.15) is 19.3 Å². The number of phenols is 1. The van der Waals surface area contributed by atoms with Crippen molar-refractivity contribution in [3.8, 4) is 27.4 Å². The van der Waals surface area contributed by atoms with Crippen molar-refractivity contribution in [2.75, 3.05) is 11.9 Å². The minimum atomic E-state index is -0.847. The van der Waals surface area contributed by atoms with Crippen LogP contribution in [-0.4, -0.2) is 44.3 Å². The van der Waals surface area contributed by atoms with Crippen LogP contribution in [-0.2, 0) is 6.80 Å². The van der Waals surface area contributed by atoms with Gasteiger partial charge in [-0.1, -0.05) is 17.4 Å². The fraction of sp³-hybridized carbons (Fsp3) is 0.389. The maximum absolute atomic E-state index is 14.0. The predicted molar refractivity (Wildman–Crippen MR) is 100 cm³/mol. The van der Waals surface area contributed by atoms with Crippen molar-refractivity contribution in [1.29, 1.82) is 0 Å². The number of hydrogen-bond acceptors (Lipinski definition) is 6. The number of phenolic OH excluding ortho intramolecular Hbond substituents is 1. The molecule has 1 saturated carbocycles. The third-order valence-corrected chi connectivity index (χ3v) is 5.98. The topological polar surface area (TPSA) is 67.1 Å². The van der Waals surface area contributed by atoms with Gasteiger partial charge < -0.3 is 10.0 Å². The van der Waals surface area contributed by atoms with Crippen molar-refractivity contribution in [3.05, 3.63) is 30.6 Å². The molecule has 1 aliphatic rings. The van der Waals surface area contributed by atoms with Gasteiger partial charge in [-0.05, 0) is 37.0 Å². The summed E-state index contributed by atoms with van der Waals surface area (Å²) in [5.41, 5.74) is 1.99. The van der Waals surface area contributed by atoms with E-state index in [0.29, 0.717) is 27.7 Å². The van der Waals surface area contributed by atoms with Crippen LogP contribution in [0, 0.1) is 0 Å². The molecule has 1 N–H and O–H groups in total. The van der Waals surface area contributed by atoms with Gasteiger partial charge in [-0.15, -0.1) is 10.2 Å². The minimum absolute atomic E-state index is 0.0510. The first-order chi connectivity index (χ1) is 13.1. The van der Waals surface area contributed by atoms with Gasteiger partial charge >= 0.3 is 0 Å². The Hall–Kier alpha value is -2.55. The number of anilines is 1. The number of nitrogens with zero attached hydrogens (tertiary/aromatic N) is 5. The molecule has 0 radical (unpaired) electrons. The molecular formula is C18H19F2N5OS. The van der Waals surface area contributed by atoms with E-state index in [4.69, 9.17) is 0 Å². The van der Waals surface area contributed by atoms with Crippen LogP contribution in [0.4, 0.5) is 13.9 Å². The van der Waals surface area contributed by atoms with Gasteiger partial charge in [0, 0.05) is 18.8 Å². The zero-order valence-corrected chi connectivity index (χ0v) is 15.5. The number of aromatic hydroxyl groups is 1. The molecule has 2 aromatic heterocycles. The highest BCUT2D eigenvalue weighted by Gasteiger charge is 2.32. The molecule has 2 atom stereocenters. The van der Waals surface area contributed by atoms with Gasteiger partial charge in [-0.2, -0.15) is 5.10 Å². The number of benzene rings is 1. The van der Waals surface area contributed by atoms with Gasteiger partial charge in [0.25, 0.3) is 0 Å². The highest BCUT2D eigenvalue weighted by molar-refractivity contribution is 7.18. The molecule has 0 saturated heterocycles. The summed E-state index contributed by atoms with van der Waals surface area (Å²) in [5, 5.41) is 23.9. The fourth-order valence-electron chi connectivity index (χ4n) is 3.41. The molecule has 3 aromatic rings. The number of rotatable bonds is 5. The quantitative estimate of drug-likeness (QED) is 0.711. The molecule has 1 aliphatic carbocycles. The first-order valence-electron chi connectivity index (χ1n) is 8.69. The maximum Gasteiger partial charge on any atom is 0.208 e. The van der Waals surface area contributed by atoms with Crippen molar-refractivity contribution < 1.29 is 13.9 Å². The van der Waals surface area contributed by atoms with Crippen LogP contribution in [0.15, 0.2) is 30.6 Å². The lowest BCUT2D eigenvalue weighted by Crippen LogP contribution is -2.35. The average molecular weight is 391 g/mol. The van der Waals surface area contributed by atoms with Crippen LogP contribution in [0.3, 0.4) is 0 Å². The Morgan fingerprint density at radius 2 is 2.15 bits per heavy atom. The van der Waals surface area contributed by atoms with E-state index in [9.17, 15) is 13.9 Å². The Morgan fingerprint density at radius 1 is 1.30 bits per heavy atom. The number of aromatic nitrogens is 4. The molecule has 0 amide bonds. The first kappa shape index (κ1) is 17.8. The smallest absolute Gasteiger partial charge is 0.208 e. The minimum Gasteiger partial charge on any atom is -0.507 e. The lowest BCUT2D eigenvalue weighted by atomic mass is 10.1. The molecule has 0 aliphatic heterocycles. The second kappa shape index (κ2) is 7.22. The molecule has 9 heteroatoms. The molecule has 0 bridgehead atoms. The lowest BCUT2D eigenvalue weighted by Gasteiger charge is -2.24. The fourth-order valence-corrected chi connectivity index (χ4v) is 4.31. The Bertz CT molecular complexity index is 943. The predicted octanol–water partition coefficient (Wildman–Crippen LogP) is 4.03. The summed E-state index contributed by atoms with van der Waals surface area (Å²) in [5.74, 6) is 0.0510. The van der Waals surface area contributed by atoms with Gasteiger partial charge in [0.2, 0.25) is 5.13 Å². The summed E-state index contributed by atoms with van der Waals surface area (Å²) >= 11 is 1.32. The Balaban J connectivity index is 1.58. The summed E-state index contributed by atoms with van der Waals surface area (Å²) in [7, 11) is 1.83. The normalized spacial score (nSPS) is 19.5. The lowest BCUT2D eigenvalue weighted by molar-refractivity contribution is 0.307.